The van der Waals surface area contributed by atoms with Crippen LogP contribution in [0.2, 0.25) is 0 Å². The fourth-order valence-corrected chi connectivity index (χ4v) is 3.85. The van der Waals surface area contributed by atoms with E-state index in [1.807, 2.05) is 11.3 Å². The summed E-state index contributed by atoms with van der Waals surface area (Å²) in [5.74, 6) is 0.742. The van der Waals surface area contributed by atoms with Crippen LogP contribution in [-0.4, -0.2) is 4.98 Å². The highest BCUT2D eigenvalue weighted by molar-refractivity contribution is 7.18. The van der Waals surface area contributed by atoms with E-state index in [9.17, 15) is 0 Å². The predicted octanol–water partition coefficient (Wildman–Crippen LogP) is 4.91. The van der Waals surface area contributed by atoms with E-state index < -0.39 is 0 Å². The van der Waals surface area contributed by atoms with E-state index in [1.165, 1.54) is 52.9 Å². The molecule has 1 fully saturated rings. The second kappa shape index (κ2) is 4.77. The minimum Gasteiger partial charge on any atom is -0.241 e. The second-order valence-corrected chi connectivity index (χ2v) is 6.10. The first kappa shape index (κ1) is 11.2. The minimum absolute atomic E-state index is 0.742. The van der Waals surface area contributed by atoms with Crippen LogP contribution in [0.1, 0.15) is 55.5 Å². The van der Waals surface area contributed by atoms with E-state index in [0.717, 1.165) is 12.3 Å². The first-order valence-corrected chi connectivity index (χ1v) is 7.58. The molecule has 0 bridgehead atoms. The van der Waals surface area contributed by atoms with Gasteiger partial charge < -0.3 is 0 Å². The molecular formula is C15H19NS. The van der Waals surface area contributed by atoms with Crippen LogP contribution < -0.4 is 0 Å². The van der Waals surface area contributed by atoms with Crippen LogP contribution in [0.5, 0.6) is 0 Å². The van der Waals surface area contributed by atoms with Gasteiger partial charge in [-0.2, -0.15) is 0 Å². The normalized spacial score (nSPS) is 17.7. The van der Waals surface area contributed by atoms with Crippen molar-refractivity contribution >= 4 is 21.6 Å². The van der Waals surface area contributed by atoms with Crippen LogP contribution in [0.3, 0.4) is 0 Å². The van der Waals surface area contributed by atoms with Crippen molar-refractivity contribution in [2.75, 3.05) is 0 Å². The Kier molecular flexibility index (Phi) is 3.15. The molecule has 1 aliphatic rings. The standard InChI is InChI=1S/C15H19NS/c1-2-11-8-9-14-13(10-11)16-15(17-14)12-6-4-3-5-7-12/h8-10,12H,2-7H2,1H3. The van der Waals surface area contributed by atoms with E-state index in [2.05, 4.69) is 25.1 Å². The number of fused-ring (bicyclic) bond motifs is 1. The van der Waals surface area contributed by atoms with Crippen LogP contribution in [0.15, 0.2) is 18.2 Å². The van der Waals surface area contributed by atoms with E-state index in [0.29, 0.717) is 0 Å². The van der Waals surface area contributed by atoms with E-state index in [4.69, 9.17) is 4.98 Å². The molecule has 1 nitrogen and oxygen atoms in total. The molecule has 2 heteroatoms. The van der Waals surface area contributed by atoms with Gasteiger partial charge in [-0.1, -0.05) is 32.3 Å². The zero-order valence-electron chi connectivity index (χ0n) is 10.4. The fourth-order valence-electron chi connectivity index (χ4n) is 2.73. The average molecular weight is 245 g/mol. The summed E-state index contributed by atoms with van der Waals surface area (Å²) in [6.45, 7) is 2.20. The maximum atomic E-state index is 4.86. The number of aryl methyl sites for hydroxylation is 1. The molecule has 0 saturated heterocycles. The van der Waals surface area contributed by atoms with Crippen molar-refractivity contribution < 1.29 is 0 Å². The van der Waals surface area contributed by atoms with Gasteiger partial charge in [0, 0.05) is 5.92 Å². The molecule has 3 rings (SSSR count). The third-order valence-corrected chi connectivity index (χ3v) is 5.03. The van der Waals surface area contributed by atoms with Crippen molar-refractivity contribution in [3.05, 3.63) is 28.8 Å². The van der Waals surface area contributed by atoms with E-state index >= 15 is 0 Å². The zero-order valence-corrected chi connectivity index (χ0v) is 11.2. The molecule has 0 unspecified atom stereocenters. The monoisotopic (exact) mass is 245 g/mol. The van der Waals surface area contributed by atoms with Crippen molar-refractivity contribution in [3.8, 4) is 0 Å². The van der Waals surface area contributed by atoms with Crippen LogP contribution in [0, 0.1) is 0 Å². The highest BCUT2D eigenvalue weighted by atomic mass is 32.1. The number of aromatic nitrogens is 1. The quantitative estimate of drug-likeness (QED) is 0.733. The third-order valence-electron chi connectivity index (χ3n) is 3.83. The molecule has 1 aliphatic carbocycles. The smallest absolute Gasteiger partial charge is 0.0969 e. The van der Waals surface area contributed by atoms with E-state index in [-0.39, 0.29) is 0 Å². The topological polar surface area (TPSA) is 12.9 Å². The third kappa shape index (κ3) is 2.23. The fraction of sp³-hybridized carbons (Fsp3) is 0.533. The minimum atomic E-state index is 0.742. The molecule has 0 radical (unpaired) electrons. The zero-order chi connectivity index (χ0) is 11.7. The van der Waals surface area contributed by atoms with Gasteiger partial charge in [-0.25, -0.2) is 4.98 Å². The molecule has 2 aromatic rings. The van der Waals surface area contributed by atoms with Crippen LogP contribution >= 0.6 is 11.3 Å². The Hall–Kier alpha value is -0.890. The van der Waals surface area contributed by atoms with Crippen molar-refractivity contribution in [2.45, 2.75) is 51.4 Å². The Morgan fingerprint density at radius 1 is 1.24 bits per heavy atom. The lowest BCUT2D eigenvalue weighted by molar-refractivity contribution is 0.443. The lowest BCUT2D eigenvalue weighted by Crippen LogP contribution is -2.03. The summed E-state index contributed by atoms with van der Waals surface area (Å²) >= 11 is 1.91. The van der Waals surface area contributed by atoms with Gasteiger partial charge in [-0.3, -0.25) is 0 Å². The van der Waals surface area contributed by atoms with Crippen molar-refractivity contribution in [2.24, 2.45) is 0 Å². The number of thiazole rings is 1. The van der Waals surface area contributed by atoms with Crippen molar-refractivity contribution in [1.29, 1.82) is 0 Å². The Bertz CT molecular complexity index is 509. The predicted molar refractivity (Wildman–Crippen MR) is 74.8 cm³/mol. The van der Waals surface area contributed by atoms with Gasteiger partial charge in [0.15, 0.2) is 0 Å². The molecule has 0 N–H and O–H groups in total. The molecule has 17 heavy (non-hydrogen) atoms. The molecule has 1 heterocycles. The van der Waals surface area contributed by atoms with E-state index in [1.54, 1.807) is 0 Å². The number of rotatable bonds is 2. The van der Waals surface area contributed by atoms with Gasteiger partial charge in [0.25, 0.3) is 0 Å². The molecule has 1 aromatic heterocycles. The Balaban J connectivity index is 1.95. The molecule has 1 saturated carbocycles. The summed E-state index contributed by atoms with van der Waals surface area (Å²) in [5, 5.41) is 1.38. The molecule has 0 amide bonds. The summed E-state index contributed by atoms with van der Waals surface area (Å²) in [6.07, 6.45) is 8.00. The van der Waals surface area contributed by atoms with Crippen molar-refractivity contribution in [1.82, 2.24) is 4.98 Å². The lowest BCUT2D eigenvalue weighted by Gasteiger charge is -2.18. The van der Waals surface area contributed by atoms with Gasteiger partial charge in [0.1, 0.15) is 0 Å². The summed E-state index contributed by atoms with van der Waals surface area (Å²) in [7, 11) is 0. The molecule has 0 spiro atoms. The van der Waals surface area contributed by atoms with Crippen LogP contribution in [0.25, 0.3) is 10.2 Å². The van der Waals surface area contributed by atoms with Gasteiger partial charge in [0.05, 0.1) is 15.2 Å². The summed E-state index contributed by atoms with van der Waals surface area (Å²) in [6, 6.07) is 6.75. The van der Waals surface area contributed by atoms with Gasteiger partial charge >= 0.3 is 0 Å². The maximum absolute atomic E-state index is 4.86. The highest BCUT2D eigenvalue weighted by Crippen LogP contribution is 2.36. The molecule has 0 atom stereocenters. The Morgan fingerprint density at radius 3 is 2.82 bits per heavy atom. The van der Waals surface area contributed by atoms with Crippen LogP contribution in [-0.2, 0) is 6.42 Å². The Labute approximate surface area is 107 Å². The summed E-state index contributed by atoms with van der Waals surface area (Å²) in [4.78, 5) is 4.86. The van der Waals surface area contributed by atoms with Gasteiger partial charge in [-0.15, -0.1) is 11.3 Å². The SMILES string of the molecule is CCc1ccc2sc(C3CCCCC3)nc2c1. The second-order valence-electron chi connectivity index (χ2n) is 5.04. The summed E-state index contributed by atoms with van der Waals surface area (Å²) in [5.41, 5.74) is 2.62. The first-order chi connectivity index (χ1) is 8.36. The lowest BCUT2D eigenvalue weighted by atomic mass is 9.90. The average Bonchev–Trinajstić information content (AvgIpc) is 2.82. The van der Waals surface area contributed by atoms with Gasteiger partial charge in [0.2, 0.25) is 0 Å². The maximum Gasteiger partial charge on any atom is 0.0969 e. The summed E-state index contributed by atoms with van der Waals surface area (Å²) < 4.78 is 1.36. The number of nitrogens with zero attached hydrogens (tertiary/aromatic N) is 1. The highest BCUT2D eigenvalue weighted by Gasteiger charge is 2.19. The van der Waals surface area contributed by atoms with Crippen LogP contribution in [0.4, 0.5) is 0 Å². The van der Waals surface area contributed by atoms with Crippen molar-refractivity contribution in [3.63, 3.8) is 0 Å². The largest absolute Gasteiger partial charge is 0.241 e. The molecule has 1 aromatic carbocycles. The number of hydrogen-bond donors (Lipinski definition) is 0. The number of hydrogen-bond acceptors (Lipinski definition) is 2. The first-order valence-electron chi connectivity index (χ1n) is 6.76. The Morgan fingerprint density at radius 2 is 2.06 bits per heavy atom. The molecule has 0 aliphatic heterocycles. The van der Waals surface area contributed by atoms with Gasteiger partial charge in [-0.05, 0) is 37.0 Å². The number of benzene rings is 1. The molecular weight excluding hydrogens is 226 g/mol. The molecule has 90 valence electrons.